The van der Waals surface area contributed by atoms with Gasteiger partial charge in [0, 0.05) is 22.9 Å². The van der Waals surface area contributed by atoms with Crippen molar-refractivity contribution in [2.45, 2.75) is 32.3 Å². The largest absolute Gasteiger partial charge is 0.491 e. The van der Waals surface area contributed by atoms with Crippen LogP contribution < -0.4 is 15.5 Å². The molecule has 1 atom stereocenters. The van der Waals surface area contributed by atoms with Gasteiger partial charge < -0.3 is 14.6 Å². The van der Waals surface area contributed by atoms with Gasteiger partial charge in [0.05, 0.1) is 6.61 Å². The van der Waals surface area contributed by atoms with Gasteiger partial charge in [-0.1, -0.05) is 24.3 Å². The first kappa shape index (κ1) is 25.6. The van der Waals surface area contributed by atoms with Crippen LogP contribution >= 0.6 is 0 Å². The van der Waals surface area contributed by atoms with Gasteiger partial charge in [-0.3, -0.25) is 20.1 Å². The second-order valence-electron chi connectivity index (χ2n) is 7.07. The number of allylic oxidation sites excluding steroid dienone is 1. The minimum atomic E-state index is -0.678. The van der Waals surface area contributed by atoms with Gasteiger partial charge in [-0.2, -0.15) is 0 Å². The van der Waals surface area contributed by atoms with Crippen molar-refractivity contribution >= 4 is 23.5 Å². The van der Waals surface area contributed by atoms with E-state index in [0.29, 0.717) is 41.8 Å². The predicted molar refractivity (Wildman–Crippen MR) is 121 cm³/mol. The van der Waals surface area contributed by atoms with Gasteiger partial charge in [0.25, 0.3) is 5.91 Å². The Bertz CT molecular complexity index is 958. The normalized spacial score (nSPS) is 11.6. The number of hydrogen-bond acceptors (Lipinski definition) is 7. The maximum absolute atomic E-state index is 12.6. The second kappa shape index (κ2) is 13.7. The van der Waals surface area contributed by atoms with Crippen LogP contribution in [0.15, 0.2) is 60.7 Å². The molecule has 0 radical (unpaired) electrons. The molecular formula is C24H28N2O7. The Morgan fingerprint density at radius 2 is 1.82 bits per heavy atom. The van der Waals surface area contributed by atoms with Gasteiger partial charge >= 0.3 is 6.09 Å². The molecule has 176 valence electrons. The van der Waals surface area contributed by atoms with E-state index in [1.807, 2.05) is 0 Å². The average molecular weight is 456 g/mol. The number of aliphatic hydroxyl groups excluding tert-OH is 1. The summed E-state index contributed by atoms with van der Waals surface area (Å²) in [5.74, 6) is -0.208. The van der Waals surface area contributed by atoms with Crippen LogP contribution in [0.1, 0.15) is 48.2 Å². The minimum Gasteiger partial charge on any atom is -0.491 e. The first-order valence-corrected chi connectivity index (χ1v) is 10.5. The average Bonchev–Trinajstić information content (AvgIpc) is 2.82. The molecular weight excluding hydrogens is 428 g/mol. The molecule has 9 heteroatoms. The summed E-state index contributed by atoms with van der Waals surface area (Å²) in [5, 5.41) is 20.3. The Morgan fingerprint density at radius 1 is 1.09 bits per heavy atom. The molecule has 0 aliphatic carbocycles. The number of unbranched alkanes of at least 4 members (excludes halogenated alkanes) is 1. The first-order chi connectivity index (χ1) is 15.9. The van der Waals surface area contributed by atoms with Gasteiger partial charge in [0.15, 0.2) is 5.78 Å². The Kier molecular flexibility index (Phi) is 10.6. The van der Waals surface area contributed by atoms with Gasteiger partial charge in [-0.25, -0.2) is 10.3 Å². The number of rotatable bonds is 12. The summed E-state index contributed by atoms with van der Waals surface area (Å²) in [6.07, 6.45) is 3.01. The smallest absolute Gasteiger partial charge is 0.412 e. The number of anilines is 1. The van der Waals surface area contributed by atoms with Crippen LogP contribution in [0, 0.1) is 0 Å². The second-order valence-corrected chi connectivity index (χ2v) is 7.07. The van der Waals surface area contributed by atoms with Crippen LogP contribution in [0.25, 0.3) is 0 Å². The molecule has 2 aromatic rings. The summed E-state index contributed by atoms with van der Waals surface area (Å²) >= 11 is 0. The number of ether oxygens (including phenoxy) is 2. The van der Waals surface area contributed by atoms with Crippen LogP contribution in [0.4, 0.5) is 10.5 Å². The van der Waals surface area contributed by atoms with Crippen molar-refractivity contribution in [2.75, 3.05) is 18.5 Å². The highest BCUT2D eigenvalue weighted by Crippen LogP contribution is 2.32. The van der Waals surface area contributed by atoms with Gasteiger partial charge in [0.2, 0.25) is 0 Å². The molecule has 9 nitrogen and oxygen atoms in total. The molecule has 33 heavy (non-hydrogen) atoms. The Balaban J connectivity index is 2.11. The highest BCUT2D eigenvalue weighted by molar-refractivity contribution is 5.95. The summed E-state index contributed by atoms with van der Waals surface area (Å²) in [6.45, 7) is 1.40. The lowest BCUT2D eigenvalue weighted by Crippen LogP contribution is -2.18. The molecule has 0 spiro atoms. The molecule has 2 amide bonds. The van der Waals surface area contributed by atoms with Gasteiger partial charge in [-0.15, -0.1) is 0 Å². The third kappa shape index (κ3) is 8.76. The number of Topliss-reactive ketones (excluding diaryl/α,β-unsaturated/α-hetero) is 1. The van der Waals surface area contributed by atoms with Crippen molar-refractivity contribution in [1.82, 2.24) is 5.48 Å². The first-order valence-electron chi connectivity index (χ1n) is 10.5. The fourth-order valence-corrected chi connectivity index (χ4v) is 3.03. The van der Waals surface area contributed by atoms with E-state index in [1.165, 1.54) is 18.5 Å². The predicted octanol–water partition coefficient (Wildman–Crippen LogP) is 3.78. The third-order valence-corrected chi connectivity index (χ3v) is 4.62. The maximum Gasteiger partial charge on any atom is 0.412 e. The van der Waals surface area contributed by atoms with Crippen LogP contribution in [0.5, 0.6) is 5.75 Å². The number of nitrogens with one attached hydrogen (secondary N) is 2. The summed E-state index contributed by atoms with van der Waals surface area (Å²) < 4.78 is 11.3. The molecule has 0 fully saturated rings. The Hall–Kier alpha value is -3.69. The maximum atomic E-state index is 12.6. The van der Waals surface area contributed by atoms with Crippen LogP contribution in [0.3, 0.4) is 0 Å². The molecule has 0 bridgehead atoms. The molecule has 0 unspecified atom stereocenters. The standard InChI is InChI=1S/C24H28N2O7/c1-17(28)18-11-13-19(14-12-18)25-24(30)33-22(9-3-2-4-10-23(29)26-31)20-7-5-6-8-21(20)32-16-15-27/h4-8,10-14,22,27,31H,2-3,9,15-16H2,1H3,(H,25,30)(H,26,29)/b10-4+/t22-/m1/s1. The van der Waals surface area contributed by atoms with Crippen molar-refractivity contribution in [3.05, 3.63) is 71.8 Å². The number of amides is 2. The van der Waals surface area contributed by atoms with Crippen LogP contribution in [0.2, 0.25) is 0 Å². The molecule has 4 N–H and O–H groups in total. The van der Waals surface area contributed by atoms with Gasteiger partial charge in [-0.05, 0) is 56.5 Å². The summed E-state index contributed by atoms with van der Waals surface area (Å²) in [6, 6.07) is 13.5. The molecule has 0 aliphatic rings. The molecule has 0 heterocycles. The van der Waals surface area contributed by atoms with Gasteiger partial charge in [0.1, 0.15) is 18.5 Å². The number of hydroxylamine groups is 1. The van der Waals surface area contributed by atoms with E-state index >= 15 is 0 Å². The molecule has 0 saturated heterocycles. The zero-order chi connectivity index (χ0) is 24.1. The molecule has 0 aromatic heterocycles. The zero-order valence-corrected chi connectivity index (χ0v) is 18.3. The number of benzene rings is 2. The fraction of sp³-hybridized carbons (Fsp3) is 0.292. The highest BCUT2D eigenvalue weighted by atomic mass is 16.6. The molecule has 0 saturated carbocycles. The summed E-state index contributed by atoms with van der Waals surface area (Å²) in [7, 11) is 0. The highest BCUT2D eigenvalue weighted by Gasteiger charge is 2.20. The molecule has 2 aromatic carbocycles. The number of hydrogen-bond donors (Lipinski definition) is 4. The number of aliphatic hydroxyl groups is 1. The van der Waals surface area contributed by atoms with E-state index in [0.717, 1.165) is 0 Å². The lowest BCUT2D eigenvalue weighted by molar-refractivity contribution is -0.124. The summed E-state index contributed by atoms with van der Waals surface area (Å²) in [4.78, 5) is 35.1. The van der Waals surface area contributed by atoms with E-state index in [9.17, 15) is 14.4 Å². The lowest BCUT2D eigenvalue weighted by Gasteiger charge is -2.21. The third-order valence-electron chi connectivity index (χ3n) is 4.62. The lowest BCUT2D eigenvalue weighted by atomic mass is 10.0. The Morgan fingerprint density at radius 3 is 2.48 bits per heavy atom. The van der Waals surface area contributed by atoms with E-state index in [4.69, 9.17) is 19.8 Å². The number of carbonyl (C=O) groups is 3. The van der Waals surface area contributed by atoms with Crippen molar-refractivity contribution in [3.63, 3.8) is 0 Å². The van der Waals surface area contributed by atoms with E-state index in [-0.39, 0.29) is 19.0 Å². The van der Waals surface area contributed by atoms with Crippen molar-refractivity contribution in [2.24, 2.45) is 0 Å². The molecule has 2 rings (SSSR count). The van der Waals surface area contributed by atoms with E-state index in [1.54, 1.807) is 54.6 Å². The topological polar surface area (TPSA) is 134 Å². The molecule has 0 aliphatic heterocycles. The van der Waals surface area contributed by atoms with E-state index < -0.39 is 18.1 Å². The summed E-state index contributed by atoms with van der Waals surface area (Å²) in [5.41, 5.74) is 3.17. The fourth-order valence-electron chi connectivity index (χ4n) is 3.03. The zero-order valence-electron chi connectivity index (χ0n) is 18.3. The van der Waals surface area contributed by atoms with Crippen LogP contribution in [-0.2, 0) is 9.53 Å². The monoisotopic (exact) mass is 456 g/mol. The van der Waals surface area contributed by atoms with Crippen molar-refractivity contribution in [1.29, 1.82) is 0 Å². The Labute approximate surface area is 192 Å². The van der Waals surface area contributed by atoms with Crippen molar-refractivity contribution in [3.8, 4) is 5.75 Å². The van der Waals surface area contributed by atoms with Crippen molar-refractivity contribution < 1.29 is 34.2 Å². The quantitative estimate of drug-likeness (QED) is 0.126. The van der Waals surface area contributed by atoms with Crippen LogP contribution in [-0.4, -0.2) is 41.3 Å². The SMILES string of the molecule is CC(=O)c1ccc(NC(=O)O[C@H](CCC/C=C/C(=O)NO)c2ccccc2OCCO)cc1. The minimum absolute atomic E-state index is 0.0748. The number of carbonyl (C=O) groups excluding carboxylic acids is 3. The number of para-hydroxylation sites is 1. The number of ketones is 1. The van der Waals surface area contributed by atoms with E-state index in [2.05, 4.69) is 5.32 Å².